The Morgan fingerprint density at radius 3 is 2.79 bits per heavy atom. The Hall–Kier alpha value is -2.21. The molecule has 3 aromatic rings. The van der Waals surface area contributed by atoms with Crippen LogP contribution in [0, 0.1) is 13.8 Å². The molecule has 0 saturated heterocycles. The minimum absolute atomic E-state index is 0.505. The number of nitrogen functional groups attached to an aromatic ring is 1. The molecule has 5 nitrogen and oxygen atoms in total. The van der Waals surface area contributed by atoms with E-state index in [-0.39, 0.29) is 0 Å². The summed E-state index contributed by atoms with van der Waals surface area (Å²) in [6, 6.07) is 3.78. The van der Waals surface area contributed by atoms with Gasteiger partial charge in [-0.05, 0) is 37.1 Å². The molecule has 0 amide bonds. The number of hydrogen-bond donors (Lipinski definition) is 1. The molecular formula is C13H12N4OS. The normalized spacial score (nSPS) is 10.8. The lowest BCUT2D eigenvalue weighted by molar-refractivity contribution is 0.433. The van der Waals surface area contributed by atoms with Gasteiger partial charge in [0.1, 0.15) is 0 Å². The van der Waals surface area contributed by atoms with Crippen LogP contribution in [0.5, 0.6) is 0 Å². The fourth-order valence-corrected chi connectivity index (χ4v) is 2.73. The number of hydrogen-bond acceptors (Lipinski definition) is 6. The maximum absolute atomic E-state index is 5.78. The molecule has 0 fully saturated rings. The lowest BCUT2D eigenvalue weighted by Gasteiger charge is -1.97. The van der Waals surface area contributed by atoms with Gasteiger partial charge in [0.15, 0.2) is 0 Å². The second-order valence-corrected chi connectivity index (χ2v) is 5.36. The zero-order chi connectivity index (χ0) is 13.4. The van der Waals surface area contributed by atoms with Gasteiger partial charge in [-0.3, -0.25) is 4.98 Å². The van der Waals surface area contributed by atoms with Crippen LogP contribution in [0.25, 0.3) is 22.2 Å². The molecule has 0 unspecified atom stereocenters. The second-order valence-electron chi connectivity index (χ2n) is 4.27. The molecule has 0 aliphatic carbocycles. The number of aryl methyl sites for hydroxylation is 2. The third-order valence-corrected chi connectivity index (χ3v) is 3.87. The first-order chi connectivity index (χ1) is 9.15. The average molecular weight is 272 g/mol. The van der Waals surface area contributed by atoms with E-state index in [4.69, 9.17) is 10.3 Å². The quantitative estimate of drug-likeness (QED) is 0.775. The van der Waals surface area contributed by atoms with Gasteiger partial charge in [0.05, 0.1) is 9.88 Å². The summed E-state index contributed by atoms with van der Waals surface area (Å²) in [4.78, 5) is 9.41. The van der Waals surface area contributed by atoms with Gasteiger partial charge in [0, 0.05) is 18.0 Å². The van der Waals surface area contributed by atoms with Crippen LogP contribution < -0.4 is 5.73 Å². The van der Waals surface area contributed by atoms with Crippen LogP contribution in [0.2, 0.25) is 0 Å². The molecule has 0 aromatic carbocycles. The van der Waals surface area contributed by atoms with Gasteiger partial charge in [-0.15, -0.1) is 11.3 Å². The zero-order valence-corrected chi connectivity index (χ0v) is 11.4. The molecule has 0 saturated carbocycles. The molecule has 2 N–H and O–H groups in total. The Morgan fingerprint density at radius 2 is 2.11 bits per heavy atom. The van der Waals surface area contributed by atoms with Gasteiger partial charge in [0.2, 0.25) is 5.82 Å². The van der Waals surface area contributed by atoms with Crippen molar-refractivity contribution in [3.63, 3.8) is 0 Å². The van der Waals surface area contributed by atoms with E-state index in [1.165, 1.54) is 11.3 Å². The number of rotatable bonds is 2. The first-order valence-electron chi connectivity index (χ1n) is 5.76. The van der Waals surface area contributed by atoms with Crippen molar-refractivity contribution in [1.29, 1.82) is 0 Å². The molecule has 0 atom stereocenters. The Labute approximate surface area is 114 Å². The van der Waals surface area contributed by atoms with Crippen molar-refractivity contribution in [3.05, 3.63) is 35.7 Å². The zero-order valence-electron chi connectivity index (χ0n) is 10.5. The molecule has 6 heteroatoms. The van der Waals surface area contributed by atoms with Crippen LogP contribution in [-0.4, -0.2) is 15.1 Å². The van der Waals surface area contributed by atoms with Gasteiger partial charge in [0.25, 0.3) is 5.89 Å². The molecule has 3 heterocycles. The number of pyridine rings is 1. The first kappa shape index (κ1) is 11.9. The maximum Gasteiger partial charge on any atom is 0.268 e. The molecule has 96 valence electrons. The van der Waals surface area contributed by atoms with Gasteiger partial charge in [-0.2, -0.15) is 4.98 Å². The van der Waals surface area contributed by atoms with Crippen molar-refractivity contribution in [2.75, 3.05) is 5.73 Å². The van der Waals surface area contributed by atoms with Gasteiger partial charge in [-0.1, -0.05) is 5.16 Å². The number of thiophene rings is 1. The molecular weight excluding hydrogens is 260 g/mol. The minimum Gasteiger partial charge on any atom is -0.391 e. The fraction of sp³-hybridized carbons (Fsp3) is 0.154. The van der Waals surface area contributed by atoms with Crippen LogP contribution in [-0.2, 0) is 0 Å². The number of nitrogens with two attached hydrogens (primary N) is 1. The van der Waals surface area contributed by atoms with Crippen molar-refractivity contribution in [1.82, 2.24) is 15.1 Å². The monoisotopic (exact) mass is 272 g/mol. The highest BCUT2D eigenvalue weighted by Gasteiger charge is 2.16. The van der Waals surface area contributed by atoms with Gasteiger partial charge >= 0.3 is 0 Å². The highest BCUT2D eigenvalue weighted by molar-refractivity contribution is 7.19. The van der Waals surface area contributed by atoms with E-state index >= 15 is 0 Å². The third-order valence-electron chi connectivity index (χ3n) is 2.82. The molecule has 0 bridgehead atoms. The van der Waals surface area contributed by atoms with E-state index in [1.807, 2.05) is 26.0 Å². The van der Waals surface area contributed by atoms with E-state index in [0.29, 0.717) is 11.7 Å². The van der Waals surface area contributed by atoms with Crippen molar-refractivity contribution in [2.45, 2.75) is 13.8 Å². The standard InChI is InChI=1S/C13H12N4OS/c1-7-5-10(14)19-11(7)13-16-12(17-18-13)9-3-4-15-6-8(9)2/h3-6H,14H2,1-2H3. The summed E-state index contributed by atoms with van der Waals surface area (Å²) in [6.45, 7) is 3.94. The van der Waals surface area contributed by atoms with Crippen molar-refractivity contribution in [3.8, 4) is 22.2 Å². The summed E-state index contributed by atoms with van der Waals surface area (Å²) >= 11 is 1.45. The van der Waals surface area contributed by atoms with E-state index in [1.54, 1.807) is 12.4 Å². The summed E-state index contributed by atoms with van der Waals surface area (Å²) in [5.74, 6) is 1.08. The molecule has 0 spiro atoms. The Balaban J connectivity index is 2.05. The summed E-state index contributed by atoms with van der Waals surface area (Å²) in [5.41, 5.74) is 8.76. The minimum atomic E-state index is 0.505. The number of nitrogens with zero attached hydrogens (tertiary/aromatic N) is 3. The molecule has 0 aliphatic heterocycles. The molecule has 19 heavy (non-hydrogen) atoms. The summed E-state index contributed by atoms with van der Waals surface area (Å²) in [6.07, 6.45) is 3.49. The van der Waals surface area contributed by atoms with E-state index in [9.17, 15) is 0 Å². The highest BCUT2D eigenvalue weighted by Crippen LogP contribution is 2.33. The summed E-state index contributed by atoms with van der Waals surface area (Å²) in [5, 5.41) is 4.77. The maximum atomic E-state index is 5.78. The summed E-state index contributed by atoms with van der Waals surface area (Å²) < 4.78 is 5.33. The van der Waals surface area contributed by atoms with Crippen molar-refractivity contribution in [2.24, 2.45) is 0 Å². The van der Waals surface area contributed by atoms with Crippen molar-refractivity contribution < 1.29 is 4.52 Å². The molecule has 0 radical (unpaired) electrons. The predicted molar refractivity (Wildman–Crippen MR) is 74.7 cm³/mol. The lowest BCUT2D eigenvalue weighted by atomic mass is 10.1. The Bertz CT molecular complexity index is 732. The van der Waals surface area contributed by atoms with E-state index in [2.05, 4.69) is 15.1 Å². The SMILES string of the molecule is Cc1cnccc1-c1noc(-c2sc(N)cc2C)n1. The van der Waals surface area contributed by atoms with Crippen LogP contribution >= 0.6 is 11.3 Å². The van der Waals surface area contributed by atoms with Crippen LogP contribution in [0.3, 0.4) is 0 Å². The Morgan fingerprint density at radius 1 is 1.26 bits per heavy atom. The van der Waals surface area contributed by atoms with Gasteiger partial charge < -0.3 is 10.3 Å². The molecule has 3 aromatic heterocycles. The largest absolute Gasteiger partial charge is 0.391 e. The first-order valence-corrected chi connectivity index (χ1v) is 6.58. The fourth-order valence-electron chi connectivity index (χ4n) is 1.87. The van der Waals surface area contributed by atoms with E-state index in [0.717, 1.165) is 26.6 Å². The molecule has 3 rings (SSSR count). The number of aromatic nitrogens is 3. The Kier molecular flexibility index (Phi) is 2.79. The third kappa shape index (κ3) is 2.10. The van der Waals surface area contributed by atoms with Crippen LogP contribution in [0.4, 0.5) is 5.00 Å². The second kappa shape index (κ2) is 4.47. The molecule has 0 aliphatic rings. The average Bonchev–Trinajstić information content (AvgIpc) is 2.96. The lowest BCUT2D eigenvalue weighted by Crippen LogP contribution is -1.86. The topological polar surface area (TPSA) is 77.8 Å². The number of anilines is 1. The highest BCUT2D eigenvalue weighted by atomic mass is 32.1. The van der Waals surface area contributed by atoms with Crippen LogP contribution in [0.1, 0.15) is 11.1 Å². The van der Waals surface area contributed by atoms with Gasteiger partial charge in [-0.25, -0.2) is 0 Å². The van der Waals surface area contributed by atoms with Crippen molar-refractivity contribution >= 4 is 16.3 Å². The predicted octanol–water partition coefficient (Wildman–Crippen LogP) is 3.06. The summed E-state index contributed by atoms with van der Waals surface area (Å²) in [7, 11) is 0. The van der Waals surface area contributed by atoms with E-state index < -0.39 is 0 Å². The van der Waals surface area contributed by atoms with Crippen LogP contribution in [0.15, 0.2) is 29.0 Å². The smallest absolute Gasteiger partial charge is 0.268 e.